The molecule has 1 aromatic heterocycles. The lowest BCUT2D eigenvalue weighted by Crippen LogP contribution is -1.93. The van der Waals surface area contributed by atoms with Gasteiger partial charge in [0, 0.05) is 5.39 Å². The van der Waals surface area contributed by atoms with Gasteiger partial charge in [-0.15, -0.1) is 0 Å². The summed E-state index contributed by atoms with van der Waals surface area (Å²) in [6.45, 7) is 2.17. The standard InChI is InChI=1S/C11H13N3/c1-2-3-8-4-5-9-10(6-8)13-7-14-11(9)12/h4-7H,2-3H2,1H3,(H2,12,13,14). The Morgan fingerprint density at radius 2 is 2.14 bits per heavy atom. The van der Waals surface area contributed by atoms with E-state index < -0.39 is 0 Å². The first-order valence-corrected chi connectivity index (χ1v) is 4.80. The lowest BCUT2D eigenvalue weighted by Gasteiger charge is -2.02. The van der Waals surface area contributed by atoms with Crippen LogP contribution in [0.15, 0.2) is 24.5 Å². The Morgan fingerprint density at radius 3 is 2.93 bits per heavy atom. The molecule has 0 spiro atoms. The number of aryl methyl sites for hydroxylation is 1. The number of fused-ring (bicyclic) bond motifs is 1. The second kappa shape index (κ2) is 3.62. The van der Waals surface area contributed by atoms with Gasteiger partial charge in [0.2, 0.25) is 0 Å². The monoisotopic (exact) mass is 187 g/mol. The average Bonchev–Trinajstić information content (AvgIpc) is 2.18. The predicted molar refractivity (Wildman–Crippen MR) is 57.9 cm³/mol. The molecule has 0 fully saturated rings. The maximum absolute atomic E-state index is 5.73. The minimum Gasteiger partial charge on any atom is -0.383 e. The Kier molecular flexibility index (Phi) is 2.31. The maximum Gasteiger partial charge on any atom is 0.134 e. The first-order chi connectivity index (χ1) is 6.81. The summed E-state index contributed by atoms with van der Waals surface area (Å²) in [5.41, 5.74) is 7.97. The largest absolute Gasteiger partial charge is 0.383 e. The van der Waals surface area contributed by atoms with Crippen LogP contribution in [0.2, 0.25) is 0 Å². The number of nitrogen functional groups attached to an aromatic ring is 1. The molecule has 3 heteroatoms. The van der Waals surface area contributed by atoms with Crippen molar-refractivity contribution < 1.29 is 0 Å². The molecule has 0 bridgehead atoms. The van der Waals surface area contributed by atoms with Crippen molar-refractivity contribution >= 4 is 16.7 Å². The van der Waals surface area contributed by atoms with E-state index in [1.54, 1.807) is 0 Å². The van der Waals surface area contributed by atoms with Gasteiger partial charge in [-0.2, -0.15) is 0 Å². The minimum absolute atomic E-state index is 0.554. The zero-order chi connectivity index (χ0) is 9.97. The van der Waals surface area contributed by atoms with Gasteiger partial charge in [0.15, 0.2) is 0 Å². The summed E-state index contributed by atoms with van der Waals surface area (Å²) in [5, 5.41) is 0.937. The zero-order valence-electron chi connectivity index (χ0n) is 8.20. The molecule has 0 unspecified atom stereocenters. The molecule has 0 saturated heterocycles. The smallest absolute Gasteiger partial charge is 0.134 e. The highest BCUT2D eigenvalue weighted by Gasteiger charge is 2.00. The van der Waals surface area contributed by atoms with Gasteiger partial charge in [-0.05, 0) is 24.1 Å². The quantitative estimate of drug-likeness (QED) is 0.783. The molecule has 1 heterocycles. The van der Waals surface area contributed by atoms with Crippen molar-refractivity contribution in [1.29, 1.82) is 0 Å². The van der Waals surface area contributed by atoms with E-state index in [1.165, 1.54) is 11.9 Å². The van der Waals surface area contributed by atoms with Crippen LogP contribution in [-0.2, 0) is 6.42 Å². The van der Waals surface area contributed by atoms with Gasteiger partial charge in [-0.1, -0.05) is 19.4 Å². The molecule has 0 aliphatic rings. The summed E-state index contributed by atoms with van der Waals surface area (Å²) >= 11 is 0. The Balaban J connectivity index is 2.56. The molecule has 0 radical (unpaired) electrons. The van der Waals surface area contributed by atoms with E-state index >= 15 is 0 Å². The highest BCUT2D eigenvalue weighted by Crippen LogP contribution is 2.18. The summed E-state index contributed by atoms with van der Waals surface area (Å²) in [6, 6.07) is 6.16. The van der Waals surface area contributed by atoms with Crippen LogP contribution in [0.3, 0.4) is 0 Å². The van der Waals surface area contributed by atoms with E-state index in [2.05, 4.69) is 29.0 Å². The molecular formula is C11H13N3. The van der Waals surface area contributed by atoms with Crippen LogP contribution in [0, 0.1) is 0 Å². The van der Waals surface area contributed by atoms with Crippen molar-refractivity contribution in [3.8, 4) is 0 Å². The zero-order valence-corrected chi connectivity index (χ0v) is 8.20. The lowest BCUT2D eigenvalue weighted by molar-refractivity contribution is 0.923. The molecule has 0 saturated carbocycles. The molecule has 0 aliphatic heterocycles. The van der Waals surface area contributed by atoms with Gasteiger partial charge in [0.25, 0.3) is 0 Å². The van der Waals surface area contributed by atoms with Crippen molar-refractivity contribution in [1.82, 2.24) is 9.97 Å². The molecule has 0 aliphatic carbocycles. The van der Waals surface area contributed by atoms with Crippen molar-refractivity contribution in [2.24, 2.45) is 0 Å². The number of nitrogens with zero attached hydrogens (tertiary/aromatic N) is 2. The highest BCUT2D eigenvalue weighted by atomic mass is 14.9. The van der Waals surface area contributed by atoms with Crippen LogP contribution < -0.4 is 5.73 Å². The first-order valence-electron chi connectivity index (χ1n) is 4.80. The van der Waals surface area contributed by atoms with E-state index in [4.69, 9.17) is 5.73 Å². The van der Waals surface area contributed by atoms with E-state index in [0.29, 0.717) is 5.82 Å². The molecule has 0 amide bonds. The Labute approximate surface area is 83.0 Å². The van der Waals surface area contributed by atoms with Gasteiger partial charge in [0.1, 0.15) is 12.1 Å². The van der Waals surface area contributed by atoms with Gasteiger partial charge >= 0.3 is 0 Å². The van der Waals surface area contributed by atoms with E-state index in [0.717, 1.165) is 23.7 Å². The van der Waals surface area contributed by atoms with Gasteiger partial charge in [-0.3, -0.25) is 0 Å². The number of hydrogen-bond donors (Lipinski definition) is 1. The van der Waals surface area contributed by atoms with Gasteiger partial charge < -0.3 is 5.73 Å². The lowest BCUT2D eigenvalue weighted by atomic mass is 10.1. The summed E-state index contributed by atoms with van der Waals surface area (Å²) in [4.78, 5) is 8.14. The molecular weight excluding hydrogens is 174 g/mol. The molecule has 2 N–H and O–H groups in total. The van der Waals surface area contributed by atoms with E-state index in [1.807, 2.05) is 6.07 Å². The summed E-state index contributed by atoms with van der Waals surface area (Å²) in [5.74, 6) is 0.554. The highest BCUT2D eigenvalue weighted by molar-refractivity contribution is 5.87. The van der Waals surface area contributed by atoms with Crippen LogP contribution in [-0.4, -0.2) is 9.97 Å². The fraction of sp³-hybridized carbons (Fsp3) is 0.273. The predicted octanol–water partition coefficient (Wildman–Crippen LogP) is 2.16. The number of anilines is 1. The molecule has 72 valence electrons. The van der Waals surface area contributed by atoms with Crippen LogP contribution in [0.1, 0.15) is 18.9 Å². The normalized spacial score (nSPS) is 10.6. The fourth-order valence-corrected chi connectivity index (χ4v) is 1.57. The number of rotatable bonds is 2. The van der Waals surface area contributed by atoms with Crippen molar-refractivity contribution in [2.75, 3.05) is 5.73 Å². The number of aromatic nitrogens is 2. The molecule has 3 nitrogen and oxygen atoms in total. The number of benzene rings is 1. The van der Waals surface area contributed by atoms with Gasteiger partial charge in [0.05, 0.1) is 5.52 Å². The second-order valence-corrected chi connectivity index (χ2v) is 3.36. The third kappa shape index (κ3) is 1.53. The number of hydrogen-bond acceptors (Lipinski definition) is 3. The van der Waals surface area contributed by atoms with Crippen molar-refractivity contribution in [3.63, 3.8) is 0 Å². The van der Waals surface area contributed by atoms with Crippen LogP contribution in [0.4, 0.5) is 5.82 Å². The molecule has 0 atom stereocenters. The minimum atomic E-state index is 0.554. The Hall–Kier alpha value is -1.64. The fourth-order valence-electron chi connectivity index (χ4n) is 1.57. The maximum atomic E-state index is 5.73. The van der Waals surface area contributed by atoms with E-state index in [9.17, 15) is 0 Å². The molecule has 14 heavy (non-hydrogen) atoms. The van der Waals surface area contributed by atoms with Crippen LogP contribution in [0.5, 0.6) is 0 Å². The topological polar surface area (TPSA) is 51.8 Å². The third-order valence-electron chi connectivity index (χ3n) is 2.27. The SMILES string of the molecule is CCCc1ccc2c(N)ncnc2c1. The Morgan fingerprint density at radius 1 is 1.29 bits per heavy atom. The van der Waals surface area contributed by atoms with Crippen LogP contribution >= 0.6 is 0 Å². The third-order valence-corrected chi connectivity index (χ3v) is 2.27. The van der Waals surface area contributed by atoms with E-state index in [-0.39, 0.29) is 0 Å². The van der Waals surface area contributed by atoms with Gasteiger partial charge in [-0.25, -0.2) is 9.97 Å². The average molecular weight is 187 g/mol. The molecule has 2 rings (SSSR count). The van der Waals surface area contributed by atoms with Crippen molar-refractivity contribution in [3.05, 3.63) is 30.1 Å². The Bertz CT molecular complexity index is 451. The summed E-state index contributed by atoms with van der Waals surface area (Å²) in [6.07, 6.45) is 3.74. The second-order valence-electron chi connectivity index (χ2n) is 3.36. The van der Waals surface area contributed by atoms with Crippen LogP contribution in [0.25, 0.3) is 10.9 Å². The first kappa shape index (κ1) is 8.94. The number of nitrogens with two attached hydrogens (primary N) is 1. The molecule has 2 aromatic rings. The van der Waals surface area contributed by atoms with Crippen molar-refractivity contribution in [2.45, 2.75) is 19.8 Å². The summed E-state index contributed by atoms with van der Waals surface area (Å²) < 4.78 is 0. The molecule has 1 aromatic carbocycles. The summed E-state index contributed by atoms with van der Waals surface area (Å²) in [7, 11) is 0.